The normalized spacial score (nSPS) is 10.3. The molecule has 0 bridgehead atoms. The Morgan fingerprint density at radius 1 is 1.04 bits per heavy atom. The summed E-state index contributed by atoms with van der Waals surface area (Å²) in [7, 11) is 1.50. The Kier molecular flexibility index (Phi) is 5.61. The van der Waals surface area contributed by atoms with Gasteiger partial charge in [0.1, 0.15) is 0 Å². The number of nitrogens with zero attached hydrogens (tertiary/aromatic N) is 1. The third kappa shape index (κ3) is 4.58. The number of phenolic OH excluding ortho intramolecular Hbond substituents is 1. The molecule has 2 N–H and O–H groups in total. The summed E-state index contributed by atoms with van der Waals surface area (Å²) in [6.07, 6.45) is 0. The highest BCUT2D eigenvalue weighted by Gasteiger charge is 2.17. The summed E-state index contributed by atoms with van der Waals surface area (Å²) in [5, 5.41) is 12.7. The monoisotopic (exact) mass is 362 g/mol. The number of hydrogen-bond acceptors (Lipinski definition) is 3. The zero-order valence-electron chi connectivity index (χ0n) is 15.3. The maximum Gasteiger partial charge on any atom is 0.326 e. The molecule has 27 heavy (non-hydrogen) atoms. The summed E-state index contributed by atoms with van der Waals surface area (Å²) in [5.41, 5.74) is 3.46. The SMILES string of the molecule is COc1cc(CN(C(=O)Nc2ccccc2)c2ccc(C)cc2)ccc1O. The second-order valence-corrected chi connectivity index (χ2v) is 6.22. The van der Waals surface area contributed by atoms with Gasteiger partial charge >= 0.3 is 6.03 Å². The van der Waals surface area contributed by atoms with Gasteiger partial charge in [0.25, 0.3) is 0 Å². The molecular weight excluding hydrogens is 340 g/mol. The van der Waals surface area contributed by atoms with Crippen molar-refractivity contribution in [2.24, 2.45) is 0 Å². The van der Waals surface area contributed by atoms with Gasteiger partial charge in [-0.3, -0.25) is 4.90 Å². The van der Waals surface area contributed by atoms with Crippen molar-refractivity contribution < 1.29 is 14.6 Å². The number of urea groups is 1. The highest BCUT2D eigenvalue weighted by Crippen LogP contribution is 2.28. The molecule has 0 aliphatic carbocycles. The van der Waals surface area contributed by atoms with E-state index in [0.29, 0.717) is 12.3 Å². The maximum absolute atomic E-state index is 13.0. The Labute approximate surface area is 158 Å². The lowest BCUT2D eigenvalue weighted by atomic mass is 10.1. The zero-order chi connectivity index (χ0) is 19.2. The Morgan fingerprint density at radius 2 is 1.74 bits per heavy atom. The van der Waals surface area contributed by atoms with Crippen molar-refractivity contribution in [3.05, 3.63) is 83.9 Å². The number of carbonyl (C=O) groups excluding carboxylic acids is 1. The van der Waals surface area contributed by atoms with Crippen LogP contribution in [-0.2, 0) is 6.54 Å². The standard InChI is InChI=1S/C22H22N2O3/c1-16-8-11-19(12-9-16)24(22(26)23-18-6-4-3-5-7-18)15-17-10-13-20(25)21(14-17)27-2/h3-14,25H,15H2,1-2H3,(H,23,26). The molecule has 0 fully saturated rings. The third-order valence-corrected chi connectivity index (χ3v) is 4.20. The molecule has 0 aliphatic rings. The van der Waals surface area contributed by atoms with Gasteiger partial charge in [0.2, 0.25) is 0 Å². The van der Waals surface area contributed by atoms with Crippen LogP contribution >= 0.6 is 0 Å². The molecule has 0 radical (unpaired) electrons. The van der Waals surface area contributed by atoms with Crippen LogP contribution in [0.3, 0.4) is 0 Å². The number of para-hydroxylation sites is 1. The summed E-state index contributed by atoms with van der Waals surface area (Å²) >= 11 is 0. The Balaban J connectivity index is 1.89. The van der Waals surface area contributed by atoms with Gasteiger partial charge in [-0.15, -0.1) is 0 Å². The summed E-state index contributed by atoms with van der Waals surface area (Å²) in [5.74, 6) is 0.441. The average Bonchev–Trinajstić information content (AvgIpc) is 2.69. The second kappa shape index (κ2) is 8.27. The molecule has 0 aliphatic heterocycles. The Bertz CT molecular complexity index is 909. The average molecular weight is 362 g/mol. The molecule has 0 atom stereocenters. The number of benzene rings is 3. The molecule has 5 heteroatoms. The van der Waals surface area contributed by atoms with Crippen molar-refractivity contribution in [2.45, 2.75) is 13.5 Å². The molecule has 3 rings (SSSR count). The molecule has 3 aromatic carbocycles. The first-order valence-electron chi connectivity index (χ1n) is 8.63. The molecule has 0 saturated carbocycles. The lowest BCUT2D eigenvalue weighted by Crippen LogP contribution is -2.34. The quantitative estimate of drug-likeness (QED) is 0.675. The first-order chi connectivity index (χ1) is 13.1. The largest absolute Gasteiger partial charge is 0.504 e. The minimum Gasteiger partial charge on any atom is -0.504 e. The fourth-order valence-electron chi connectivity index (χ4n) is 2.72. The number of aryl methyl sites for hydroxylation is 1. The predicted molar refractivity (Wildman–Crippen MR) is 107 cm³/mol. The minimum atomic E-state index is -0.239. The molecule has 2 amide bonds. The van der Waals surface area contributed by atoms with E-state index in [-0.39, 0.29) is 11.8 Å². The van der Waals surface area contributed by atoms with Crippen LogP contribution in [0.1, 0.15) is 11.1 Å². The number of nitrogens with one attached hydrogen (secondary N) is 1. The van der Waals surface area contributed by atoms with E-state index in [2.05, 4.69) is 5.32 Å². The zero-order valence-corrected chi connectivity index (χ0v) is 15.3. The van der Waals surface area contributed by atoms with Crippen LogP contribution < -0.4 is 15.0 Å². The third-order valence-electron chi connectivity index (χ3n) is 4.20. The number of carbonyl (C=O) groups is 1. The van der Waals surface area contributed by atoms with Crippen LogP contribution in [0.2, 0.25) is 0 Å². The number of amides is 2. The molecule has 0 heterocycles. The number of ether oxygens (including phenoxy) is 1. The number of anilines is 2. The topological polar surface area (TPSA) is 61.8 Å². The summed E-state index contributed by atoms with van der Waals surface area (Å²) < 4.78 is 5.18. The predicted octanol–water partition coefficient (Wildman–Crippen LogP) is 4.95. The first-order valence-corrected chi connectivity index (χ1v) is 8.63. The summed E-state index contributed by atoms with van der Waals surface area (Å²) in [4.78, 5) is 14.6. The van der Waals surface area contributed by atoms with E-state index >= 15 is 0 Å². The van der Waals surface area contributed by atoms with Gasteiger partial charge < -0.3 is 15.2 Å². The van der Waals surface area contributed by atoms with Crippen molar-refractivity contribution in [3.8, 4) is 11.5 Å². The Morgan fingerprint density at radius 3 is 2.41 bits per heavy atom. The van der Waals surface area contributed by atoms with Crippen LogP contribution in [-0.4, -0.2) is 18.2 Å². The smallest absolute Gasteiger partial charge is 0.326 e. The van der Waals surface area contributed by atoms with Crippen molar-refractivity contribution in [2.75, 3.05) is 17.3 Å². The molecule has 0 saturated heterocycles. The van der Waals surface area contributed by atoms with Crippen molar-refractivity contribution in [1.29, 1.82) is 0 Å². The fourth-order valence-corrected chi connectivity index (χ4v) is 2.72. The molecule has 0 unspecified atom stereocenters. The van der Waals surface area contributed by atoms with Crippen LogP contribution in [0.4, 0.5) is 16.2 Å². The summed E-state index contributed by atoms with van der Waals surface area (Å²) in [6.45, 7) is 2.33. The van der Waals surface area contributed by atoms with Gasteiger partial charge in [-0.2, -0.15) is 0 Å². The van der Waals surface area contributed by atoms with E-state index < -0.39 is 0 Å². The maximum atomic E-state index is 13.0. The van der Waals surface area contributed by atoms with Crippen molar-refractivity contribution in [1.82, 2.24) is 0 Å². The van der Waals surface area contributed by atoms with Crippen molar-refractivity contribution in [3.63, 3.8) is 0 Å². The summed E-state index contributed by atoms with van der Waals surface area (Å²) in [6, 6.07) is 21.9. The minimum absolute atomic E-state index is 0.0665. The van der Waals surface area contributed by atoms with Gasteiger partial charge in [-0.05, 0) is 48.9 Å². The van der Waals surface area contributed by atoms with Crippen LogP contribution in [0, 0.1) is 6.92 Å². The van der Waals surface area contributed by atoms with Crippen LogP contribution in [0.15, 0.2) is 72.8 Å². The molecule has 0 aromatic heterocycles. The van der Waals surface area contributed by atoms with E-state index in [1.807, 2.05) is 61.5 Å². The van der Waals surface area contributed by atoms with Gasteiger partial charge in [-0.25, -0.2) is 4.79 Å². The van der Waals surface area contributed by atoms with Crippen LogP contribution in [0.25, 0.3) is 0 Å². The second-order valence-electron chi connectivity index (χ2n) is 6.22. The number of rotatable bonds is 5. The molecule has 5 nitrogen and oxygen atoms in total. The van der Waals surface area contributed by atoms with Gasteiger partial charge in [0.05, 0.1) is 13.7 Å². The van der Waals surface area contributed by atoms with E-state index in [1.54, 1.807) is 23.1 Å². The number of hydrogen-bond donors (Lipinski definition) is 2. The van der Waals surface area contributed by atoms with Gasteiger partial charge in [0, 0.05) is 11.4 Å². The van der Waals surface area contributed by atoms with E-state index in [4.69, 9.17) is 4.74 Å². The number of phenols is 1. The number of methoxy groups -OCH3 is 1. The van der Waals surface area contributed by atoms with Crippen LogP contribution in [0.5, 0.6) is 11.5 Å². The highest BCUT2D eigenvalue weighted by molar-refractivity contribution is 6.01. The molecular formula is C22H22N2O3. The highest BCUT2D eigenvalue weighted by atomic mass is 16.5. The fraction of sp³-hybridized carbons (Fsp3) is 0.136. The molecule has 0 spiro atoms. The molecule has 138 valence electrons. The van der Waals surface area contributed by atoms with Gasteiger partial charge in [0.15, 0.2) is 11.5 Å². The van der Waals surface area contributed by atoms with Gasteiger partial charge in [-0.1, -0.05) is 42.0 Å². The number of aromatic hydroxyl groups is 1. The van der Waals surface area contributed by atoms with E-state index in [0.717, 1.165) is 22.5 Å². The lowest BCUT2D eigenvalue weighted by Gasteiger charge is -2.24. The molecule has 3 aromatic rings. The first kappa shape index (κ1) is 18.3. The van der Waals surface area contributed by atoms with E-state index in [9.17, 15) is 9.90 Å². The van der Waals surface area contributed by atoms with Crippen molar-refractivity contribution >= 4 is 17.4 Å². The Hall–Kier alpha value is -3.47. The van der Waals surface area contributed by atoms with E-state index in [1.165, 1.54) is 7.11 Å². The lowest BCUT2D eigenvalue weighted by molar-refractivity contribution is 0.256.